The van der Waals surface area contributed by atoms with Crippen LogP contribution in [0, 0.1) is 12.3 Å². The van der Waals surface area contributed by atoms with Gasteiger partial charge in [0.15, 0.2) is 0 Å². The number of nitrogens with one attached hydrogen (secondary N) is 1. The normalized spacial score (nSPS) is 9.00. The van der Waals surface area contributed by atoms with Gasteiger partial charge in [-0.1, -0.05) is 5.92 Å². The largest absolute Gasteiger partial charge is 0.340 e. The molecular weight excluding hydrogens is 154 g/mol. The van der Waals surface area contributed by atoms with Crippen LogP contribution in [0.15, 0.2) is 12.5 Å². The lowest BCUT2D eigenvalue weighted by Gasteiger charge is -1.95. The summed E-state index contributed by atoms with van der Waals surface area (Å²) in [6.07, 6.45) is 8.16. The summed E-state index contributed by atoms with van der Waals surface area (Å²) in [7, 11) is 1.80. The summed E-state index contributed by atoms with van der Waals surface area (Å²) in [5, 5.41) is 2.51. The highest BCUT2D eigenvalue weighted by Crippen LogP contribution is 1.92. The number of rotatable bonds is 2. The molecule has 0 aliphatic heterocycles. The van der Waals surface area contributed by atoms with Gasteiger partial charge in [0.1, 0.15) is 5.69 Å². The molecule has 0 aliphatic rings. The Morgan fingerprint density at radius 1 is 1.92 bits per heavy atom. The molecule has 4 nitrogen and oxygen atoms in total. The van der Waals surface area contributed by atoms with E-state index in [4.69, 9.17) is 6.42 Å². The molecule has 62 valence electrons. The van der Waals surface area contributed by atoms with Crippen LogP contribution in [0.1, 0.15) is 10.5 Å². The second kappa shape index (κ2) is 3.58. The number of imidazole rings is 1. The van der Waals surface area contributed by atoms with E-state index in [1.807, 2.05) is 0 Å². The zero-order valence-corrected chi connectivity index (χ0v) is 6.74. The molecule has 4 heteroatoms. The number of amides is 1. The second-order valence-corrected chi connectivity index (χ2v) is 2.31. The predicted molar refractivity (Wildman–Crippen MR) is 44.4 cm³/mol. The first-order valence-corrected chi connectivity index (χ1v) is 3.43. The van der Waals surface area contributed by atoms with Crippen LogP contribution >= 0.6 is 0 Å². The molecule has 0 aliphatic carbocycles. The highest BCUT2D eigenvalue weighted by molar-refractivity contribution is 5.92. The van der Waals surface area contributed by atoms with E-state index in [2.05, 4.69) is 16.2 Å². The van der Waals surface area contributed by atoms with Crippen molar-refractivity contribution in [2.75, 3.05) is 6.54 Å². The monoisotopic (exact) mass is 163 g/mol. The first kappa shape index (κ1) is 8.34. The zero-order valence-electron chi connectivity index (χ0n) is 6.74. The molecule has 0 atom stereocenters. The molecule has 1 heterocycles. The number of aromatic nitrogens is 2. The maximum atomic E-state index is 11.1. The molecule has 1 aromatic rings. The second-order valence-electron chi connectivity index (χ2n) is 2.31. The summed E-state index contributed by atoms with van der Waals surface area (Å²) in [6.45, 7) is 0.232. The third-order valence-corrected chi connectivity index (χ3v) is 1.29. The lowest BCUT2D eigenvalue weighted by molar-refractivity contribution is 0.0954. The fourth-order valence-electron chi connectivity index (χ4n) is 0.752. The van der Waals surface area contributed by atoms with Crippen molar-refractivity contribution < 1.29 is 4.79 Å². The predicted octanol–water partition coefficient (Wildman–Crippen LogP) is -0.217. The maximum Gasteiger partial charge on any atom is 0.272 e. The van der Waals surface area contributed by atoms with Crippen molar-refractivity contribution in [2.45, 2.75) is 0 Å². The van der Waals surface area contributed by atoms with Crippen molar-refractivity contribution in [1.82, 2.24) is 14.9 Å². The van der Waals surface area contributed by atoms with Crippen LogP contribution in [0.4, 0.5) is 0 Å². The van der Waals surface area contributed by atoms with Gasteiger partial charge in [-0.15, -0.1) is 6.42 Å². The van der Waals surface area contributed by atoms with Crippen molar-refractivity contribution in [2.24, 2.45) is 7.05 Å². The van der Waals surface area contributed by atoms with Gasteiger partial charge < -0.3 is 9.88 Å². The molecule has 0 unspecified atom stereocenters. The highest BCUT2D eigenvalue weighted by atomic mass is 16.1. The fourth-order valence-corrected chi connectivity index (χ4v) is 0.752. The maximum absolute atomic E-state index is 11.1. The van der Waals surface area contributed by atoms with Gasteiger partial charge in [-0.2, -0.15) is 0 Å². The molecule has 1 amide bonds. The van der Waals surface area contributed by atoms with Crippen LogP contribution in [0.3, 0.4) is 0 Å². The lowest BCUT2D eigenvalue weighted by Crippen LogP contribution is -2.23. The number of nitrogens with zero attached hydrogens (tertiary/aromatic N) is 2. The number of carbonyl (C=O) groups excluding carboxylic acids is 1. The summed E-state index contributed by atoms with van der Waals surface area (Å²) < 4.78 is 1.70. The number of terminal acetylenes is 1. The van der Waals surface area contributed by atoms with Gasteiger partial charge in [0.25, 0.3) is 5.91 Å². The molecule has 0 bridgehead atoms. The molecule has 0 saturated heterocycles. The third-order valence-electron chi connectivity index (χ3n) is 1.29. The summed E-state index contributed by atoms with van der Waals surface area (Å²) in [5.74, 6) is 2.07. The van der Waals surface area contributed by atoms with Gasteiger partial charge in [0.05, 0.1) is 12.9 Å². The van der Waals surface area contributed by atoms with E-state index in [0.717, 1.165) is 0 Å². The first-order valence-electron chi connectivity index (χ1n) is 3.43. The number of aryl methyl sites for hydroxylation is 1. The first-order chi connectivity index (χ1) is 5.74. The van der Waals surface area contributed by atoms with Gasteiger partial charge in [-0.3, -0.25) is 4.79 Å². The molecule has 1 rings (SSSR count). The van der Waals surface area contributed by atoms with Crippen molar-refractivity contribution in [3.05, 3.63) is 18.2 Å². The Kier molecular flexibility index (Phi) is 2.49. The minimum absolute atomic E-state index is 0.232. The topological polar surface area (TPSA) is 46.9 Å². The van der Waals surface area contributed by atoms with Crippen molar-refractivity contribution in [3.8, 4) is 12.3 Å². The van der Waals surface area contributed by atoms with E-state index in [0.29, 0.717) is 5.69 Å². The van der Waals surface area contributed by atoms with E-state index in [1.165, 1.54) is 0 Å². The van der Waals surface area contributed by atoms with Crippen molar-refractivity contribution in [1.29, 1.82) is 0 Å². The van der Waals surface area contributed by atoms with Gasteiger partial charge in [0, 0.05) is 13.2 Å². The Morgan fingerprint density at radius 2 is 2.67 bits per heavy atom. The van der Waals surface area contributed by atoms with E-state index >= 15 is 0 Å². The zero-order chi connectivity index (χ0) is 8.97. The average Bonchev–Trinajstić information content (AvgIpc) is 2.47. The van der Waals surface area contributed by atoms with Crippen LogP contribution in [-0.2, 0) is 7.05 Å². The molecule has 1 N–H and O–H groups in total. The molecule has 12 heavy (non-hydrogen) atoms. The summed E-state index contributed by atoms with van der Waals surface area (Å²) in [6, 6.07) is 0. The lowest BCUT2D eigenvalue weighted by atomic mass is 10.4. The SMILES string of the molecule is C#CCNC(=O)c1cn(C)cn1. The molecule has 0 fully saturated rings. The molecule has 0 saturated carbocycles. The Hall–Kier alpha value is -1.76. The summed E-state index contributed by atoms with van der Waals surface area (Å²) in [5.41, 5.74) is 0.382. The van der Waals surface area contributed by atoms with E-state index in [-0.39, 0.29) is 12.5 Å². The van der Waals surface area contributed by atoms with Crippen LogP contribution in [0.2, 0.25) is 0 Å². The Morgan fingerprint density at radius 3 is 3.17 bits per heavy atom. The Labute approximate surface area is 70.6 Å². The minimum atomic E-state index is -0.242. The third kappa shape index (κ3) is 1.86. The molecule has 1 aromatic heterocycles. The van der Waals surface area contributed by atoms with E-state index in [9.17, 15) is 4.79 Å². The highest BCUT2D eigenvalue weighted by Gasteiger charge is 2.05. The molecular formula is C8H9N3O. The molecule has 0 aromatic carbocycles. The van der Waals surface area contributed by atoms with Crippen LogP contribution in [0.25, 0.3) is 0 Å². The van der Waals surface area contributed by atoms with Gasteiger partial charge in [-0.25, -0.2) is 4.98 Å². The van der Waals surface area contributed by atoms with E-state index in [1.54, 1.807) is 24.1 Å². The smallest absolute Gasteiger partial charge is 0.272 e. The minimum Gasteiger partial charge on any atom is -0.340 e. The number of hydrogen-bond donors (Lipinski definition) is 1. The van der Waals surface area contributed by atoms with Gasteiger partial charge in [-0.05, 0) is 0 Å². The van der Waals surface area contributed by atoms with Crippen LogP contribution in [0.5, 0.6) is 0 Å². The summed E-state index contributed by atoms with van der Waals surface area (Å²) in [4.78, 5) is 15.0. The number of hydrogen-bond acceptors (Lipinski definition) is 2. The van der Waals surface area contributed by atoms with Crippen LogP contribution in [-0.4, -0.2) is 22.0 Å². The quantitative estimate of drug-likeness (QED) is 0.613. The number of carbonyl (C=O) groups is 1. The standard InChI is InChI=1S/C8H9N3O/c1-3-4-9-8(12)7-5-11(2)6-10-7/h1,5-6H,4H2,2H3,(H,9,12). The Bertz CT molecular complexity index is 321. The van der Waals surface area contributed by atoms with Crippen molar-refractivity contribution >= 4 is 5.91 Å². The Balaban J connectivity index is 2.61. The van der Waals surface area contributed by atoms with Crippen molar-refractivity contribution in [3.63, 3.8) is 0 Å². The molecule has 0 spiro atoms. The van der Waals surface area contributed by atoms with Crippen LogP contribution < -0.4 is 5.32 Å². The summed E-state index contributed by atoms with van der Waals surface area (Å²) >= 11 is 0. The van der Waals surface area contributed by atoms with E-state index < -0.39 is 0 Å². The average molecular weight is 163 g/mol. The van der Waals surface area contributed by atoms with Gasteiger partial charge in [0.2, 0.25) is 0 Å². The van der Waals surface area contributed by atoms with Gasteiger partial charge >= 0.3 is 0 Å². The molecule has 0 radical (unpaired) electrons. The fraction of sp³-hybridized carbons (Fsp3) is 0.250.